The predicted molar refractivity (Wildman–Crippen MR) is 102 cm³/mol. The van der Waals surface area contributed by atoms with Crippen LogP contribution in [0.2, 0.25) is 0 Å². The number of thiazole rings is 1. The Morgan fingerprint density at radius 2 is 2.04 bits per heavy atom. The molecule has 2 N–H and O–H groups in total. The molecule has 1 unspecified atom stereocenters. The lowest BCUT2D eigenvalue weighted by Gasteiger charge is -2.20. The highest BCUT2D eigenvalue weighted by Crippen LogP contribution is 2.21. The first kappa shape index (κ1) is 22.7. The molecule has 0 saturated heterocycles. The van der Waals surface area contributed by atoms with E-state index in [1.165, 1.54) is 11.3 Å². The second kappa shape index (κ2) is 10.6. The topological polar surface area (TPSA) is 85.0 Å². The van der Waals surface area contributed by atoms with Gasteiger partial charge in [-0.05, 0) is 12.3 Å². The molecule has 0 radical (unpaired) electrons. The van der Waals surface area contributed by atoms with Crippen LogP contribution in [0.1, 0.15) is 30.8 Å². The summed E-state index contributed by atoms with van der Waals surface area (Å²) >= 11 is 1.39. The molecule has 0 aliphatic heterocycles. The van der Waals surface area contributed by atoms with Crippen LogP contribution in [0.5, 0.6) is 0 Å². The molecule has 9 heteroatoms. The smallest absolute Gasteiger partial charge is 0.273 e. The molecule has 2 rings (SSSR count). The van der Waals surface area contributed by atoms with Crippen molar-refractivity contribution >= 4 is 42.1 Å². The van der Waals surface area contributed by atoms with Gasteiger partial charge in [0, 0.05) is 37.4 Å². The molecule has 0 bridgehead atoms. The second-order valence-electron chi connectivity index (χ2n) is 5.55. The molecule has 0 spiro atoms. The average molecular weight is 392 g/mol. The molecule has 0 fully saturated rings. The molecule has 1 amide bonds. The first-order valence-electron chi connectivity index (χ1n) is 7.22. The molecule has 1 atom stereocenters. The number of aromatic nitrogens is 3. The van der Waals surface area contributed by atoms with Crippen LogP contribution < -0.4 is 5.73 Å². The largest absolute Gasteiger partial charge is 0.340 e. The Labute approximate surface area is 158 Å². The Balaban J connectivity index is 0.00000264. The first-order valence-corrected chi connectivity index (χ1v) is 8.10. The highest BCUT2D eigenvalue weighted by atomic mass is 35.5. The van der Waals surface area contributed by atoms with E-state index in [1.807, 2.05) is 0 Å². The van der Waals surface area contributed by atoms with E-state index in [9.17, 15) is 4.79 Å². The molecule has 0 aromatic carbocycles. The summed E-state index contributed by atoms with van der Waals surface area (Å²) in [4.78, 5) is 26.6. The predicted octanol–water partition coefficient (Wildman–Crippen LogP) is 2.89. The summed E-state index contributed by atoms with van der Waals surface area (Å²) in [7, 11) is 1.77. The maximum absolute atomic E-state index is 12.4. The van der Waals surface area contributed by atoms with Crippen LogP contribution >= 0.6 is 36.2 Å². The molecule has 2 aromatic heterocycles. The number of carbonyl (C=O) groups is 1. The number of nitrogens with zero attached hydrogens (tertiary/aromatic N) is 4. The summed E-state index contributed by atoms with van der Waals surface area (Å²) in [6.45, 7) is 4.79. The van der Waals surface area contributed by atoms with Crippen LogP contribution in [-0.2, 0) is 0 Å². The van der Waals surface area contributed by atoms with E-state index >= 15 is 0 Å². The van der Waals surface area contributed by atoms with Gasteiger partial charge in [0.2, 0.25) is 0 Å². The van der Waals surface area contributed by atoms with Crippen LogP contribution in [0.3, 0.4) is 0 Å². The summed E-state index contributed by atoms with van der Waals surface area (Å²) in [5.41, 5.74) is 7.13. The third-order valence-corrected chi connectivity index (χ3v) is 4.37. The van der Waals surface area contributed by atoms with Gasteiger partial charge in [0.15, 0.2) is 0 Å². The number of rotatable bonds is 6. The molecule has 2 aromatic rings. The van der Waals surface area contributed by atoms with E-state index < -0.39 is 0 Å². The van der Waals surface area contributed by atoms with Crippen LogP contribution in [-0.4, -0.2) is 45.4 Å². The van der Waals surface area contributed by atoms with Crippen molar-refractivity contribution in [2.45, 2.75) is 26.3 Å². The van der Waals surface area contributed by atoms with Crippen molar-refractivity contribution in [2.75, 3.05) is 13.6 Å². The Bertz CT molecular complexity index is 623. The standard InChI is InChI=1S/C15H21N5OS.2ClH/c1-10(2)11(16)4-7-20(3)15(21)13-9-22-14(19-13)12-8-17-5-6-18-12;;/h5-6,8-11H,4,7,16H2,1-3H3;2*1H. The molecule has 6 nitrogen and oxygen atoms in total. The molecule has 0 saturated carbocycles. The van der Waals surface area contributed by atoms with Crippen molar-refractivity contribution in [1.29, 1.82) is 0 Å². The van der Waals surface area contributed by atoms with Crippen molar-refractivity contribution in [2.24, 2.45) is 11.7 Å². The van der Waals surface area contributed by atoms with Gasteiger partial charge in [-0.25, -0.2) is 4.98 Å². The number of hydrogen-bond acceptors (Lipinski definition) is 6. The van der Waals surface area contributed by atoms with Crippen LogP contribution in [0, 0.1) is 5.92 Å². The molecule has 2 heterocycles. The highest BCUT2D eigenvalue weighted by molar-refractivity contribution is 7.13. The van der Waals surface area contributed by atoms with Crippen LogP contribution in [0.4, 0.5) is 0 Å². The van der Waals surface area contributed by atoms with Crippen LogP contribution in [0.25, 0.3) is 10.7 Å². The molecule has 134 valence electrons. The summed E-state index contributed by atoms with van der Waals surface area (Å²) in [5.74, 6) is 0.313. The van der Waals surface area contributed by atoms with Gasteiger partial charge in [-0.1, -0.05) is 13.8 Å². The van der Waals surface area contributed by atoms with E-state index in [2.05, 4.69) is 28.8 Å². The number of halogens is 2. The molecule has 0 aliphatic carbocycles. The zero-order valence-corrected chi connectivity index (χ0v) is 16.3. The van der Waals surface area contributed by atoms with Crippen molar-refractivity contribution in [3.63, 3.8) is 0 Å². The first-order chi connectivity index (χ1) is 10.5. The Morgan fingerprint density at radius 1 is 1.33 bits per heavy atom. The van der Waals surface area contributed by atoms with E-state index in [1.54, 1.807) is 35.9 Å². The monoisotopic (exact) mass is 391 g/mol. The van der Waals surface area contributed by atoms with Gasteiger partial charge in [0.1, 0.15) is 16.4 Å². The van der Waals surface area contributed by atoms with Gasteiger partial charge in [0.05, 0.1) is 6.20 Å². The zero-order valence-electron chi connectivity index (χ0n) is 13.9. The number of amides is 1. The average Bonchev–Trinajstić information content (AvgIpc) is 3.02. The molecular weight excluding hydrogens is 369 g/mol. The molecule has 24 heavy (non-hydrogen) atoms. The maximum atomic E-state index is 12.4. The fourth-order valence-corrected chi connectivity index (χ4v) is 2.63. The SMILES string of the molecule is CC(C)C(N)CCN(C)C(=O)c1csc(-c2cnccn2)n1.Cl.Cl. The van der Waals surface area contributed by atoms with Gasteiger partial charge < -0.3 is 10.6 Å². The van der Waals surface area contributed by atoms with Crippen molar-refractivity contribution in [1.82, 2.24) is 19.9 Å². The fourth-order valence-electron chi connectivity index (χ4n) is 1.87. The number of nitrogens with two attached hydrogens (primary N) is 1. The van der Waals surface area contributed by atoms with Gasteiger partial charge in [0.25, 0.3) is 5.91 Å². The Kier molecular flexibility index (Phi) is 9.99. The maximum Gasteiger partial charge on any atom is 0.273 e. The lowest BCUT2D eigenvalue weighted by molar-refractivity contribution is 0.0784. The van der Waals surface area contributed by atoms with E-state index in [0.29, 0.717) is 28.9 Å². The summed E-state index contributed by atoms with van der Waals surface area (Å²) in [6.07, 6.45) is 5.63. The Hall–Kier alpha value is -1.28. The normalized spacial score (nSPS) is 11.4. The lowest BCUT2D eigenvalue weighted by atomic mass is 10.0. The number of carbonyl (C=O) groups excluding carboxylic acids is 1. The molecular formula is C15H23Cl2N5OS. The minimum atomic E-state index is -0.0950. The minimum absolute atomic E-state index is 0. The van der Waals surface area contributed by atoms with Crippen molar-refractivity contribution < 1.29 is 4.79 Å². The second-order valence-corrected chi connectivity index (χ2v) is 6.41. The third-order valence-electron chi connectivity index (χ3n) is 3.51. The van der Waals surface area contributed by atoms with Crippen molar-refractivity contribution in [3.8, 4) is 10.7 Å². The van der Waals surface area contributed by atoms with E-state index in [0.717, 1.165) is 6.42 Å². The van der Waals surface area contributed by atoms with E-state index in [-0.39, 0.29) is 36.8 Å². The zero-order chi connectivity index (χ0) is 16.1. The van der Waals surface area contributed by atoms with Gasteiger partial charge in [-0.15, -0.1) is 36.2 Å². The van der Waals surface area contributed by atoms with Gasteiger partial charge in [-0.2, -0.15) is 0 Å². The highest BCUT2D eigenvalue weighted by Gasteiger charge is 2.18. The fraction of sp³-hybridized carbons (Fsp3) is 0.467. The van der Waals surface area contributed by atoms with Gasteiger partial charge >= 0.3 is 0 Å². The Morgan fingerprint density at radius 3 is 2.62 bits per heavy atom. The van der Waals surface area contributed by atoms with Crippen molar-refractivity contribution in [3.05, 3.63) is 29.7 Å². The lowest BCUT2D eigenvalue weighted by Crippen LogP contribution is -2.34. The van der Waals surface area contributed by atoms with Crippen LogP contribution in [0.15, 0.2) is 24.0 Å². The number of hydrogen-bond donors (Lipinski definition) is 1. The summed E-state index contributed by atoms with van der Waals surface area (Å²) < 4.78 is 0. The van der Waals surface area contributed by atoms with E-state index in [4.69, 9.17) is 5.73 Å². The summed E-state index contributed by atoms with van der Waals surface area (Å²) in [6, 6.07) is 0.0980. The molecule has 0 aliphatic rings. The van der Waals surface area contributed by atoms with Gasteiger partial charge in [-0.3, -0.25) is 14.8 Å². The summed E-state index contributed by atoms with van der Waals surface area (Å²) in [5, 5.41) is 2.45. The minimum Gasteiger partial charge on any atom is -0.340 e. The quantitative estimate of drug-likeness (QED) is 0.817. The third kappa shape index (κ3) is 5.98.